The van der Waals surface area contributed by atoms with Crippen LogP contribution in [0.1, 0.15) is 22.3 Å². The second-order valence-electron chi connectivity index (χ2n) is 6.29. The van der Waals surface area contributed by atoms with Crippen molar-refractivity contribution >= 4 is 10.8 Å². The van der Waals surface area contributed by atoms with Gasteiger partial charge in [-0.2, -0.15) is 0 Å². The van der Waals surface area contributed by atoms with Crippen LogP contribution in [0.15, 0.2) is 84.9 Å². The molecule has 0 aliphatic carbocycles. The summed E-state index contributed by atoms with van der Waals surface area (Å²) in [5.74, 6) is 11.8. The van der Waals surface area contributed by atoms with E-state index in [1.54, 1.807) is 24.3 Å². The smallest absolute Gasteiger partial charge is 0.123 e. The van der Waals surface area contributed by atoms with Gasteiger partial charge in [0, 0.05) is 22.3 Å². The minimum atomic E-state index is -0.269. The van der Waals surface area contributed by atoms with Gasteiger partial charge in [0.15, 0.2) is 0 Å². The highest BCUT2D eigenvalue weighted by molar-refractivity contribution is 5.85. The van der Waals surface area contributed by atoms with Crippen molar-refractivity contribution in [1.29, 1.82) is 0 Å². The maximum absolute atomic E-state index is 13.0. The molecule has 2 heteroatoms. The van der Waals surface area contributed by atoms with E-state index in [-0.39, 0.29) is 11.6 Å². The zero-order valence-corrected chi connectivity index (χ0v) is 14.8. The average molecular weight is 364 g/mol. The van der Waals surface area contributed by atoms with Crippen LogP contribution in [-0.4, -0.2) is 0 Å². The lowest BCUT2D eigenvalue weighted by molar-refractivity contribution is 0.627. The van der Waals surface area contributed by atoms with Gasteiger partial charge >= 0.3 is 0 Å². The lowest BCUT2D eigenvalue weighted by Crippen LogP contribution is -1.81. The monoisotopic (exact) mass is 364 g/mol. The largest absolute Gasteiger partial charge is 0.207 e. The molecular weight excluding hydrogens is 350 g/mol. The first-order valence-corrected chi connectivity index (χ1v) is 8.75. The van der Waals surface area contributed by atoms with Crippen molar-refractivity contribution in [3.05, 3.63) is 119 Å². The van der Waals surface area contributed by atoms with Crippen molar-refractivity contribution < 1.29 is 8.78 Å². The zero-order valence-electron chi connectivity index (χ0n) is 14.8. The molecule has 0 saturated heterocycles. The van der Waals surface area contributed by atoms with E-state index in [1.807, 2.05) is 36.4 Å². The van der Waals surface area contributed by atoms with Crippen molar-refractivity contribution in [1.82, 2.24) is 0 Å². The van der Waals surface area contributed by atoms with E-state index in [0.717, 1.165) is 33.0 Å². The SMILES string of the molecule is Fc1ccc(C#Cc2ccc3cc(C#Cc4ccc(F)cc4)ccc3c2)cc1. The van der Waals surface area contributed by atoms with Crippen molar-refractivity contribution in [2.45, 2.75) is 0 Å². The predicted molar refractivity (Wildman–Crippen MR) is 109 cm³/mol. The third kappa shape index (κ3) is 4.26. The number of benzene rings is 4. The fraction of sp³-hybridized carbons (Fsp3) is 0. The highest BCUT2D eigenvalue weighted by Gasteiger charge is 1.97. The number of fused-ring (bicyclic) bond motifs is 1. The number of rotatable bonds is 0. The number of hydrogen-bond donors (Lipinski definition) is 0. The molecule has 0 N–H and O–H groups in total. The Kier molecular flexibility index (Phi) is 4.87. The normalized spacial score (nSPS) is 9.93. The molecular formula is C26H14F2. The van der Waals surface area contributed by atoms with Crippen LogP contribution in [0.3, 0.4) is 0 Å². The second kappa shape index (κ2) is 7.78. The Morgan fingerprint density at radius 1 is 0.393 bits per heavy atom. The Morgan fingerprint density at radius 3 is 1.11 bits per heavy atom. The van der Waals surface area contributed by atoms with E-state index in [4.69, 9.17) is 0 Å². The van der Waals surface area contributed by atoms with Gasteiger partial charge in [-0.15, -0.1) is 0 Å². The highest BCUT2D eigenvalue weighted by atomic mass is 19.1. The molecule has 28 heavy (non-hydrogen) atoms. The molecule has 0 bridgehead atoms. The molecule has 0 saturated carbocycles. The summed E-state index contributed by atoms with van der Waals surface area (Å²) in [6.07, 6.45) is 0. The summed E-state index contributed by atoms with van der Waals surface area (Å²) in [5, 5.41) is 2.14. The standard InChI is InChI=1S/C26H14F2/c27-25-13-7-19(8-14-25)1-3-21-5-11-24-18-22(6-12-23(24)17-21)4-2-20-9-15-26(28)16-10-20/h5-18H. The van der Waals surface area contributed by atoms with E-state index in [9.17, 15) is 8.78 Å². The summed E-state index contributed by atoms with van der Waals surface area (Å²) < 4.78 is 25.9. The molecule has 0 aliphatic heterocycles. The lowest BCUT2D eigenvalue weighted by Gasteiger charge is -2.00. The summed E-state index contributed by atoms with van der Waals surface area (Å²) in [7, 11) is 0. The van der Waals surface area contributed by atoms with E-state index < -0.39 is 0 Å². The van der Waals surface area contributed by atoms with Gasteiger partial charge in [0.1, 0.15) is 11.6 Å². The van der Waals surface area contributed by atoms with Crippen LogP contribution < -0.4 is 0 Å². The van der Waals surface area contributed by atoms with Gasteiger partial charge in [-0.05, 0) is 83.6 Å². The third-order valence-corrected chi connectivity index (χ3v) is 4.23. The van der Waals surface area contributed by atoms with Crippen LogP contribution in [-0.2, 0) is 0 Å². The fourth-order valence-corrected chi connectivity index (χ4v) is 2.76. The van der Waals surface area contributed by atoms with Crippen molar-refractivity contribution in [3.8, 4) is 23.7 Å². The molecule has 0 fully saturated rings. The summed E-state index contributed by atoms with van der Waals surface area (Å²) in [6.45, 7) is 0. The van der Waals surface area contributed by atoms with Crippen LogP contribution in [0.25, 0.3) is 10.8 Å². The Hall–Kier alpha value is -3.88. The Balaban J connectivity index is 1.58. The Morgan fingerprint density at radius 2 is 0.714 bits per heavy atom. The molecule has 0 amide bonds. The summed E-state index contributed by atoms with van der Waals surface area (Å²) >= 11 is 0. The topological polar surface area (TPSA) is 0 Å². The van der Waals surface area contributed by atoms with Gasteiger partial charge in [0.2, 0.25) is 0 Å². The molecule has 0 unspecified atom stereocenters. The third-order valence-electron chi connectivity index (χ3n) is 4.23. The van der Waals surface area contributed by atoms with Crippen LogP contribution in [0.2, 0.25) is 0 Å². The van der Waals surface area contributed by atoms with Gasteiger partial charge in [-0.3, -0.25) is 0 Å². The number of halogens is 2. The van der Waals surface area contributed by atoms with Crippen LogP contribution in [0.5, 0.6) is 0 Å². The van der Waals surface area contributed by atoms with Gasteiger partial charge in [-0.1, -0.05) is 35.8 Å². The zero-order chi connectivity index (χ0) is 19.3. The first-order chi connectivity index (χ1) is 13.7. The van der Waals surface area contributed by atoms with Crippen molar-refractivity contribution in [2.24, 2.45) is 0 Å². The van der Waals surface area contributed by atoms with Gasteiger partial charge < -0.3 is 0 Å². The molecule has 0 aromatic heterocycles. The lowest BCUT2D eigenvalue weighted by atomic mass is 10.0. The summed E-state index contributed by atoms with van der Waals surface area (Å²) in [4.78, 5) is 0. The Bertz CT molecular complexity index is 1160. The van der Waals surface area contributed by atoms with Crippen molar-refractivity contribution in [3.63, 3.8) is 0 Å². The quantitative estimate of drug-likeness (QED) is 0.340. The Labute approximate surface area is 162 Å². The predicted octanol–water partition coefficient (Wildman–Crippen LogP) is 5.92. The van der Waals surface area contributed by atoms with E-state index >= 15 is 0 Å². The molecule has 0 spiro atoms. The first kappa shape index (κ1) is 17.5. The molecule has 0 heterocycles. The molecule has 0 nitrogen and oxygen atoms in total. The summed E-state index contributed by atoms with van der Waals surface area (Å²) in [5.41, 5.74) is 3.32. The van der Waals surface area contributed by atoms with E-state index in [1.165, 1.54) is 24.3 Å². The fourth-order valence-electron chi connectivity index (χ4n) is 2.76. The average Bonchev–Trinajstić information content (AvgIpc) is 2.73. The van der Waals surface area contributed by atoms with Gasteiger partial charge in [0.25, 0.3) is 0 Å². The van der Waals surface area contributed by atoms with Crippen LogP contribution in [0, 0.1) is 35.3 Å². The number of hydrogen-bond acceptors (Lipinski definition) is 0. The highest BCUT2D eigenvalue weighted by Crippen LogP contribution is 2.18. The van der Waals surface area contributed by atoms with E-state index in [0.29, 0.717) is 0 Å². The molecule has 4 aromatic rings. The minimum absolute atomic E-state index is 0.269. The molecule has 0 atom stereocenters. The van der Waals surface area contributed by atoms with Crippen LogP contribution >= 0.6 is 0 Å². The minimum Gasteiger partial charge on any atom is -0.207 e. The first-order valence-electron chi connectivity index (χ1n) is 8.75. The van der Waals surface area contributed by atoms with Crippen LogP contribution in [0.4, 0.5) is 8.78 Å². The molecule has 4 rings (SSSR count). The molecule has 4 aromatic carbocycles. The maximum Gasteiger partial charge on any atom is 0.123 e. The summed E-state index contributed by atoms with van der Waals surface area (Å²) in [6, 6.07) is 24.2. The molecule has 0 aliphatic rings. The van der Waals surface area contributed by atoms with Gasteiger partial charge in [-0.25, -0.2) is 8.78 Å². The van der Waals surface area contributed by atoms with Gasteiger partial charge in [0.05, 0.1) is 0 Å². The maximum atomic E-state index is 13.0. The molecule has 0 radical (unpaired) electrons. The molecule has 132 valence electrons. The van der Waals surface area contributed by atoms with E-state index in [2.05, 4.69) is 23.7 Å². The van der Waals surface area contributed by atoms with Crippen molar-refractivity contribution in [2.75, 3.05) is 0 Å². The second-order valence-corrected chi connectivity index (χ2v) is 6.29.